The van der Waals surface area contributed by atoms with E-state index in [9.17, 15) is 13.6 Å². The molecule has 3 nitrogen and oxygen atoms in total. The Morgan fingerprint density at radius 1 is 1.62 bits per heavy atom. The number of hydrogen-bond acceptors (Lipinski definition) is 2. The standard InChI is InChI=1S/C7H6ClF2NO2/c8-4-1-3(2-12)5(6(9)10)7(13)11-4/h1,6,12H,2H2,(H,11,13). The molecule has 1 rings (SSSR count). The first-order valence-corrected chi connectivity index (χ1v) is 3.74. The van der Waals surface area contributed by atoms with Crippen molar-refractivity contribution in [3.8, 4) is 0 Å². The van der Waals surface area contributed by atoms with Crippen LogP contribution in [0.2, 0.25) is 5.15 Å². The van der Waals surface area contributed by atoms with Gasteiger partial charge in [0, 0.05) is 0 Å². The molecule has 0 fully saturated rings. The number of aliphatic hydroxyl groups is 1. The maximum Gasteiger partial charge on any atom is 0.269 e. The van der Waals surface area contributed by atoms with E-state index in [-0.39, 0.29) is 10.7 Å². The number of nitrogens with one attached hydrogen (secondary N) is 1. The number of halogens is 3. The lowest BCUT2D eigenvalue weighted by molar-refractivity contribution is 0.145. The van der Waals surface area contributed by atoms with Crippen molar-refractivity contribution in [1.82, 2.24) is 4.98 Å². The van der Waals surface area contributed by atoms with Gasteiger partial charge in [-0.2, -0.15) is 0 Å². The van der Waals surface area contributed by atoms with Crippen LogP contribution in [0.3, 0.4) is 0 Å². The highest BCUT2D eigenvalue weighted by Crippen LogP contribution is 2.20. The number of aliphatic hydroxyl groups excluding tert-OH is 1. The molecule has 0 atom stereocenters. The molecule has 0 aliphatic carbocycles. The van der Waals surface area contributed by atoms with Gasteiger partial charge in [-0.3, -0.25) is 4.79 Å². The van der Waals surface area contributed by atoms with Gasteiger partial charge in [-0.05, 0) is 11.6 Å². The molecule has 0 amide bonds. The first-order valence-electron chi connectivity index (χ1n) is 3.37. The molecule has 0 aromatic carbocycles. The van der Waals surface area contributed by atoms with Crippen molar-refractivity contribution in [3.63, 3.8) is 0 Å². The lowest BCUT2D eigenvalue weighted by Gasteiger charge is -2.04. The Hall–Kier alpha value is -0.940. The van der Waals surface area contributed by atoms with E-state index in [0.717, 1.165) is 6.07 Å². The Balaban J connectivity index is 3.39. The molecule has 0 radical (unpaired) electrons. The summed E-state index contributed by atoms with van der Waals surface area (Å²) in [6.45, 7) is -0.636. The van der Waals surface area contributed by atoms with E-state index in [0.29, 0.717) is 0 Å². The Kier molecular flexibility index (Phi) is 3.00. The number of aromatic amines is 1. The van der Waals surface area contributed by atoms with Crippen molar-refractivity contribution in [1.29, 1.82) is 0 Å². The van der Waals surface area contributed by atoms with Crippen LogP contribution in [0.1, 0.15) is 17.6 Å². The Bertz CT molecular complexity index is 364. The normalized spacial score (nSPS) is 10.8. The molecule has 13 heavy (non-hydrogen) atoms. The molecule has 0 unspecified atom stereocenters. The van der Waals surface area contributed by atoms with Gasteiger partial charge in [0.2, 0.25) is 0 Å². The van der Waals surface area contributed by atoms with Crippen LogP contribution in [0.15, 0.2) is 10.9 Å². The average molecular weight is 210 g/mol. The summed E-state index contributed by atoms with van der Waals surface area (Å²) in [5.41, 5.74) is -1.85. The fourth-order valence-corrected chi connectivity index (χ4v) is 1.18. The fourth-order valence-electron chi connectivity index (χ4n) is 0.958. The van der Waals surface area contributed by atoms with Crippen LogP contribution < -0.4 is 5.56 Å². The molecule has 0 aliphatic rings. The minimum atomic E-state index is -2.91. The zero-order valence-corrected chi connectivity index (χ0v) is 7.11. The van der Waals surface area contributed by atoms with Crippen LogP contribution in [0.5, 0.6) is 0 Å². The van der Waals surface area contributed by atoms with Gasteiger partial charge >= 0.3 is 0 Å². The molecule has 0 aliphatic heterocycles. The molecule has 0 bridgehead atoms. The van der Waals surface area contributed by atoms with E-state index in [4.69, 9.17) is 16.7 Å². The number of aromatic nitrogens is 1. The van der Waals surface area contributed by atoms with E-state index >= 15 is 0 Å². The molecule has 0 saturated carbocycles. The Labute approximate surface area is 77.0 Å². The van der Waals surface area contributed by atoms with Gasteiger partial charge in [0.15, 0.2) is 0 Å². The third kappa shape index (κ3) is 2.05. The minimum absolute atomic E-state index is 0.0709. The number of H-pyrrole nitrogens is 1. The van der Waals surface area contributed by atoms with Gasteiger partial charge in [-0.1, -0.05) is 11.6 Å². The van der Waals surface area contributed by atoms with Crippen molar-refractivity contribution in [3.05, 3.63) is 32.7 Å². The lowest BCUT2D eigenvalue weighted by atomic mass is 10.1. The molecule has 1 heterocycles. The molecule has 6 heteroatoms. The maximum atomic E-state index is 12.2. The zero-order chi connectivity index (χ0) is 10.0. The monoisotopic (exact) mass is 209 g/mol. The van der Waals surface area contributed by atoms with E-state index in [1.54, 1.807) is 0 Å². The molecular formula is C7H6ClF2NO2. The summed E-state index contributed by atoms with van der Waals surface area (Å²) in [5, 5.41) is 8.60. The summed E-state index contributed by atoms with van der Waals surface area (Å²) in [6, 6.07) is 1.10. The predicted octanol–water partition coefficient (Wildman–Crippen LogP) is 1.46. The number of hydrogen-bond donors (Lipinski definition) is 2. The molecule has 1 aromatic rings. The van der Waals surface area contributed by atoms with Gasteiger partial charge in [0.05, 0.1) is 12.2 Å². The number of pyridine rings is 1. The number of alkyl halides is 2. The summed E-state index contributed by atoms with van der Waals surface area (Å²) in [6.07, 6.45) is -2.91. The third-order valence-corrected chi connectivity index (χ3v) is 1.72. The van der Waals surface area contributed by atoms with Gasteiger partial charge in [0.1, 0.15) is 5.15 Å². The lowest BCUT2D eigenvalue weighted by Crippen LogP contribution is -2.16. The Morgan fingerprint density at radius 3 is 2.69 bits per heavy atom. The topological polar surface area (TPSA) is 53.1 Å². The van der Waals surface area contributed by atoms with Crippen LogP contribution in [0, 0.1) is 0 Å². The summed E-state index contributed by atoms with van der Waals surface area (Å²) in [4.78, 5) is 12.9. The van der Waals surface area contributed by atoms with Gasteiger partial charge in [0.25, 0.3) is 12.0 Å². The third-order valence-electron chi connectivity index (χ3n) is 1.51. The van der Waals surface area contributed by atoms with Crippen molar-refractivity contribution < 1.29 is 13.9 Å². The average Bonchev–Trinajstić information content (AvgIpc) is 2.01. The van der Waals surface area contributed by atoms with E-state index in [1.807, 2.05) is 4.98 Å². The quantitative estimate of drug-likeness (QED) is 0.725. The highest BCUT2D eigenvalue weighted by atomic mass is 35.5. The second-order valence-corrected chi connectivity index (χ2v) is 2.75. The van der Waals surface area contributed by atoms with Gasteiger partial charge < -0.3 is 10.1 Å². The summed E-state index contributed by atoms with van der Waals surface area (Å²) < 4.78 is 24.5. The molecular weight excluding hydrogens is 204 g/mol. The van der Waals surface area contributed by atoms with Gasteiger partial charge in [-0.25, -0.2) is 8.78 Å². The molecule has 0 spiro atoms. The van der Waals surface area contributed by atoms with Crippen LogP contribution >= 0.6 is 11.6 Å². The molecule has 0 saturated heterocycles. The first kappa shape index (κ1) is 10.1. The summed E-state index contributed by atoms with van der Waals surface area (Å²) >= 11 is 5.39. The van der Waals surface area contributed by atoms with E-state index in [1.165, 1.54) is 0 Å². The largest absolute Gasteiger partial charge is 0.392 e. The van der Waals surface area contributed by atoms with Crippen molar-refractivity contribution in [2.75, 3.05) is 0 Å². The highest BCUT2D eigenvalue weighted by Gasteiger charge is 2.17. The summed E-state index contributed by atoms with van der Waals surface area (Å²) in [5.74, 6) is 0. The molecule has 72 valence electrons. The zero-order valence-electron chi connectivity index (χ0n) is 6.35. The van der Waals surface area contributed by atoms with Crippen molar-refractivity contribution >= 4 is 11.6 Å². The Morgan fingerprint density at radius 2 is 2.23 bits per heavy atom. The molecule has 2 N–H and O–H groups in total. The molecule has 1 aromatic heterocycles. The summed E-state index contributed by atoms with van der Waals surface area (Å²) in [7, 11) is 0. The van der Waals surface area contributed by atoms with Crippen LogP contribution in [0.25, 0.3) is 0 Å². The minimum Gasteiger partial charge on any atom is -0.392 e. The highest BCUT2D eigenvalue weighted by molar-refractivity contribution is 6.29. The second kappa shape index (κ2) is 3.85. The van der Waals surface area contributed by atoms with Crippen LogP contribution in [-0.2, 0) is 6.61 Å². The van der Waals surface area contributed by atoms with Crippen LogP contribution in [0.4, 0.5) is 8.78 Å². The smallest absolute Gasteiger partial charge is 0.269 e. The number of rotatable bonds is 2. The fraction of sp³-hybridized carbons (Fsp3) is 0.286. The van der Waals surface area contributed by atoms with Crippen molar-refractivity contribution in [2.24, 2.45) is 0 Å². The van der Waals surface area contributed by atoms with Crippen LogP contribution in [-0.4, -0.2) is 10.1 Å². The first-order chi connectivity index (χ1) is 6.06. The van der Waals surface area contributed by atoms with Crippen molar-refractivity contribution in [2.45, 2.75) is 13.0 Å². The SMILES string of the molecule is O=c1[nH]c(Cl)cc(CO)c1C(F)F. The second-order valence-electron chi connectivity index (χ2n) is 2.34. The van der Waals surface area contributed by atoms with E-state index in [2.05, 4.69) is 0 Å². The maximum absolute atomic E-state index is 12.2. The van der Waals surface area contributed by atoms with Gasteiger partial charge in [-0.15, -0.1) is 0 Å². The predicted molar refractivity (Wildman–Crippen MR) is 43.0 cm³/mol. The van der Waals surface area contributed by atoms with E-state index < -0.39 is 24.2 Å².